The Morgan fingerprint density at radius 1 is 1.38 bits per heavy atom. The quantitative estimate of drug-likeness (QED) is 0.787. The monoisotopic (exact) mass is 229 g/mol. The van der Waals surface area contributed by atoms with Crippen LogP contribution in [0, 0.1) is 5.92 Å². The molecule has 16 heavy (non-hydrogen) atoms. The summed E-state index contributed by atoms with van der Waals surface area (Å²) in [7, 11) is 1.29. The Bertz CT molecular complexity index is 246. The van der Waals surface area contributed by atoms with Gasteiger partial charge in [0.25, 0.3) is 0 Å². The number of rotatable bonds is 3. The molecule has 5 nitrogen and oxygen atoms in total. The number of Topliss-reactive ketones (excluding diaryl/α,β-unsaturated/α-hetero) is 1. The fourth-order valence-corrected chi connectivity index (χ4v) is 2.00. The molecule has 2 atom stereocenters. The highest BCUT2D eigenvalue weighted by atomic mass is 16.5. The van der Waals surface area contributed by atoms with E-state index in [4.69, 9.17) is 4.74 Å². The summed E-state index contributed by atoms with van der Waals surface area (Å²) in [6, 6.07) is -0.450. The lowest BCUT2D eigenvalue weighted by atomic mass is 9.90. The molecule has 0 aliphatic carbocycles. The number of ether oxygens (including phenoxy) is 2. The molecule has 0 aromatic carbocycles. The molecule has 1 rings (SSSR count). The van der Waals surface area contributed by atoms with E-state index >= 15 is 0 Å². The third-order valence-electron chi connectivity index (χ3n) is 2.86. The normalized spacial score (nSPS) is 23.0. The van der Waals surface area contributed by atoms with Gasteiger partial charge < -0.3 is 14.8 Å². The summed E-state index contributed by atoms with van der Waals surface area (Å²) in [6.45, 7) is 2.88. The van der Waals surface area contributed by atoms with Crippen LogP contribution in [0.25, 0.3) is 0 Å². The molecule has 0 aromatic heterocycles. The van der Waals surface area contributed by atoms with Crippen molar-refractivity contribution in [1.82, 2.24) is 5.32 Å². The zero-order valence-electron chi connectivity index (χ0n) is 9.82. The van der Waals surface area contributed by atoms with Crippen LogP contribution < -0.4 is 5.32 Å². The van der Waals surface area contributed by atoms with Gasteiger partial charge in [0.15, 0.2) is 5.78 Å². The maximum atomic E-state index is 11.5. The van der Waals surface area contributed by atoms with Gasteiger partial charge in [-0.2, -0.15) is 0 Å². The standard InChI is InChI=1S/C11H19NO4/c1-8(13)10(12-11(14)15-2)9-4-3-6-16-7-5-9/h9-10H,3-7H2,1-2H3,(H,12,14). The van der Waals surface area contributed by atoms with Crippen LogP contribution in [-0.4, -0.2) is 38.2 Å². The number of amides is 1. The molecule has 1 aliphatic heterocycles. The molecule has 0 radical (unpaired) electrons. The highest BCUT2D eigenvalue weighted by Gasteiger charge is 2.28. The van der Waals surface area contributed by atoms with Crippen LogP contribution in [0.5, 0.6) is 0 Å². The first-order valence-electron chi connectivity index (χ1n) is 5.58. The van der Waals surface area contributed by atoms with Gasteiger partial charge in [0.05, 0.1) is 13.2 Å². The number of alkyl carbamates (subject to hydrolysis) is 1. The summed E-state index contributed by atoms with van der Waals surface area (Å²) < 4.78 is 9.85. The van der Waals surface area contributed by atoms with Crippen molar-refractivity contribution in [2.75, 3.05) is 20.3 Å². The first-order chi connectivity index (χ1) is 7.65. The van der Waals surface area contributed by atoms with Gasteiger partial charge in [-0.05, 0) is 32.1 Å². The van der Waals surface area contributed by atoms with Crippen molar-refractivity contribution < 1.29 is 19.1 Å². The molecule has 1 heterocycles. The highest BCUT2D eigenvalue weighted by Crippen LogP contribution is 2.20. The molecule has 1 fully saturated rings. The molecule has 0 spiro atoms. The van der Waals surface area contributed by atoms with Gasteiger partial charge in [-0.25, -0.2) is 4.79 Å². The largest absolute Gasteiger partial charge is 0.453 e. The first-order valence-corrected chi connectivity index (χ1v) is 5.58. The number of hydrogen-bond acceptors (Lipinski definition) is 4. The Morgan fingerprint density at radius 2 is 2.12 bits per heavy atom. The van der Waals surface area contributed by atoms with E-state index in [0.29, 0.717) is 6.61 Å². The maximum absolute atomic E-state index is 11.5. The van der Waals surface area contributed by atoms with Crippen LogP contribution in [0.1, 0.15) is 26.2 Å². The fourth-order valence-electron chi connectivity index (χ4n) is 2.00. The Morgan fingerprint density at radius 3 is 2.75 bits per heavy atom. The summed E-state index contributed by atoms with van der Waals surface area (Å²) in [5.74, 6) is 0.122. The van der Waals surface area contributed by atoms with Crippen molar-refractivity contribution in [2.24, 2.45) is 5.92 Å². The summed E-state index contributed by atoms with van der Waals surface area (Å²) in [5, 5.41) is 2.60. The van der Waals surface area contributed by atoms with Crippen LogP contribution in [0.4, 0.5) is 4.79 Å². The number of methoxy groups -OCH3 is 1. The maximum Gasteiger partial charge on any atom is 0.407 e. The minimum atomic E-state index is -0.551. The zero-order valence-corrected chi connectivity index (χ0v) is 9.82. The van der Waals surface area contributed by atoms with E-state index < -0.39 is 12.1 Å². The molecule has 5 heteroatoms. The summed E-state index contributed by atoms with van der Waals surface area (Å²) in [4.78, 5) is 22.6. The summed E-state index contributed by atoms with van der Waals surface area (Å²) in [5.41, 5.74) is 0. The van der Waals surface area contributed by atoms with Gasteiger partial charge in [0.2, 0.25) is 0 Å². The van der Waals surface area contributed by atoms with Crippen molar-refractivity contribution in [3.63, 3.8) is 0 Å². The van der Waals surface area contributed by atoms with E-state index in [1.165, 1.54) is 14.0 Å². The number of ketones is 1. The van der Waals surface area contributed by atoms with Crippen LogP contribution in [0.3, 0.4) is 0 Å². The van der Waals surface area contributed by atoms with Gasteiger partial charge >= 0.3 is 6.09 Å². The molecule has 1 saturated heterocycles. The number of carbonyl (C=O) groups excluding carboxylic acids is 2. The third-order valence-corrected chi connectivity index (χ3v) is 2.86. The lowest BCUT2D eigenvalue weighted by molar-refractivity contribution is -0.120. The second-order valence-corrected chi connectivity index (χ2v) is 4.03. The Balaban J connectivity index is 2.60. The van der Waals surface area contributed by atoms with Crippen molar-refractivity contribution in [3.8, 4) is 0 Å². The minimum absolute atomic E-state index is 0.0303. The van der Waals surface area contributed by atoms with Gasteiger partial charge in [-0.1, -0.05) is 0 Å². The topological polar surface area (TPSA) is 64.6 Å². The predicted molar refractivity (Wildman–Crippen MR) is 58.2 cm³/mol. The van der Waals surface area contributed by atoms with Gasteiger partial charge in [-0.15, -0.1) is 0 Å². The van der Waals surface area contributed by atoms with Crippen LogP contribution >= 0.6 is 0 Å². The van der Waals surface area contributed by atoms with Crippen molar-refractivity contribution >= 4 is 11.9 Å². The Labute approximate surface area is 95.5 Å². The van der Waals surface area contributed by atoms with Crippen molar-refractivity contribution in [3.05, 3.63) is 0 Å². The highest BCUT2D eigenvalue weighted by molar-refractivity contribution is 5.85. The van der Waals surface area contributed by atoms with Gasteiger partial charge in [0.1, 0.15) is 0 Å². The van der Waals surface area contributed by atoms with Gasteiger partial charge in [0, 0.05) is 13.2 Å². The van der Waals surface area contributed by atoms with E-state index in [9.17, 15) is 9.59 Å². The third kappa shape index (κ3) is 3.81. The van der Waals surface area contributed by atoms with Crippen LogP contribution in [-0.2, 0) is 14.3 Å². The molecule has 0 saturated carbocycles. The van der Waals surface area contributed by atoms with E-state index in [2.05, 4.69) is 10.1 Å². The smallest absolute Gasteiger partial charge is 0.407 e. The predicted octanol–water partition coefficient (Wildman–Crippen LogP) is 1.12. The first kappa shape index (κ1) is 13.0. The van der Waals surface area contributed by atoms with E-state index in [-0.39, 0.29) is 11.7 Å². The molecule has 0 bridgehead atoms. The Kier molecular flexibility index (Phi) is 5.25. The number of hydrogen-bond donors (Lipinski definition) is 1. The average Bonchev–Trinajstić information content (AvgIpc) is 2.53. The van der Waals surface area contributed by atoms with Crippen LogP contribution in [0.2, 0.25) is 0 Å². The molecule has 2 unspecified atom stereocenters. The van der Waals surface area contributed by atoms with E-state index in [0.717, 1.165) is 25.9 Å². The van der Waals surface area contributed by atoms with Crippen molar-refractivity contribution in [2.45, 2.75) is 32.2 Å². The summed E-state index contributed by atoms with van der Waals surface area (Å²) in [6.07, 6.45) is 2.07. The lowest BCUT2D eigenvalue weighted by Gasteiger charge is -2.23. The second kappa shape index (κ2) is 6.48. The minimum Gasteiger partial charge on any atom is -0.453 e. The Hall–Kier alpha value is -1.10. The molecule has 1 amide bonds. The second-order valence-electron chi connectivity index (χ2n) is 4.03. The average molecular weight is 229 g/mol. The number of carbonyl (C=O) groups is 2. The van der Waals surface area contributed by atoms with Gasteiger partial charge in [-0.3, -0.25) is 4.79 Å². The number of nitrogens with one attached hydrogen (secondary N) is 1. The molecule has 1 N–H and O–H groups in total. The molecule has 0 aromatic rings. The molecule has 92 valence electrons. The lowest BCUT2D eigenvalue weighted by Crippen LogP contribution is -2.45. The SMILES string of the molecule is COC(=O)NC(C(C)=O)C1CCCOCC1. The van der Waals surface area contributed by atoms with Crippen LogP contribution in [0.15, 0.2) is 0 Å². The summed E-state index contributed by atoms with van der Waals surface area (Å²) >= 11 is 0. The van der Waals surface area contributed by atoms with Crippen molar-refractivity contribution in [1.29, 1.82) is 0 Å². The molecular weight excluding hydrogens is 210 g/mol. The zero-order chi connectivity index (χ0) is 12.0. The fraction of sp³-hybridized carbons (Fsp3) is 0.818. The van der Waals surface area contributed by atoms with E-state index in [1.54, 1.807) is 0 Å². The molecule has 1 aliphatic rings. The molecular formula is C11H19NO4. The van der Waals surface area contributed by atoms with E-state index in [1.807, 2.05) is 0 Å².